The molecular weight excluding hydrogens is 322 g/mol. The molecule has 1 amide bonds. The van der Waals surface area contributed by atoms with Crippen molar-refractivity contribution >= 4 is 16.9 Å². The van der Waals surface area contributed by atoms with Crippen LogP contribution in [0.5, 0.6) is 0 Å². The third-order valence-electron chi connectivity index (χ3n) is 4.50. The predicted octanol–water partition coefficient (Wildman–Crippen LogP) is 0.777. The first-order valence-electron chi connectivity index (χ1n) is 8.16. The summed E-state index contributed by atoms with van der Waals surface area (Å²) in [6.07, 6.45) is 3.05. The normalized spacial score (nSPS) is 17.3. The first-order valence-corrected chi connectivity index (χ1v) is 8.16. The number of fused-ring (bicyclic) bond motifs is 1. The standard InChI is InChI=1S/C17H17N5O3/c23-14-7-9-21(17(25)20-14)10-15(24)22-8-3-6-13(22)16-18-11-4-1-2-5-12(11)19-16/h1-2,4-5,7,9,13H,3,6,8,10H2,(H,18,19)(H,20,23,25). The van der Waals surface area contributed by atoms with Gasteiger partial charge in [0, 0.05) is 18.8 Å². The molecule has 1 aliphatic heterocycles. The van der Waals surface area contributed by atoms with Crippen molar-refractivity contribution in [3.05, 3.63) is 63.2 Å². The summed E-state index contributed by atoms with van der Waals surface area (Å²) >= 11 is 0. The number of para-hydroxylation sites is 2. The first-order chi connectivity index (χ1) is 12.1. The van der Waals surface area contributed by atoms with E-state index >= 15 is 0 Å². The third kappa shape index (κ3) is 2.86. The van der Waals surface area contributed by atoms with Crippen LogP contribution in [0.4, 0.5) is 0 Å². The van der Waals surface area contributed by atoms with Crippen molar-refractivity contribution < 1.29 is 4.79 Å². The quantitative estimate of drug-likeness (QED) is 0.736. The first kappa shape index (κ1) is 15.4. The molecule has 2 N–H and O–H groups in total. The lowest BCUT2D eigenvalue weighted by Crippen LogP contribution is -2.38. The number of carbonyl (C=O) groups excluding carboxylic acids is 1. The molecule has 1 fully saturated rings. The maximum absolute atomic E-state index is 12.7. The molecule has 2 aromatic heterocycles. The van der Waals surface area contributed by atoms with E-state index in [9.17, 15) is 14.4 Å². The number of imidazole rings is 1. The number of likely N-dealkylation sites (tertiary alicyclic amines) is 1. The minimum absolute atomic E-state index is 0.105. The van der Waals surface area contributed by atoms with Crippen molar-refractivity contribution in [2.45, 2.75) is 25.4 Å². The average Bonchev–Trinajstić information content (AvgIpc) is 3.23. The van der Waals surface area contributed by atoms with Crippen LogP contribution in [-0.2, 0) is 11.3 Å². The Labute approximate surface area is 142 Å². The van der Waals surface area contributed by atoms with Crippen molar-refractivity contribution in [1.29, 1.82) is 0 Å². The van der Waals surface area contributed by atoms with Gasteiger partial charge in [-0.3, -0.25) is 19.1 Å². The van der Waals surface area contributed by atoms with E-state index in [4.69, 9.17) is 0 Å². The number of hydrogen-bond donors (Lipinski definition) is 2. The molecule has 8 heteroatoms. The molecule has 8 nitrogen and oxygen atoms in total. The number of benzene rings is 1. The monoisotopic (exact) mass is 339 g/mol. The van der Waals surface area contributed by atoms with Gasteiger partial charge in [-0.05, 0) is 25.0 Å². The van der Waals surface area contributed by atoms with Crippen LogP contribution in [0.15, 0.2) is 46.1 Å². The lowest BCUT2D eigenvalue weighted by molar-refractivity contribution is -0.133. The lowest BCUT2D eigenvalue weighted by Gasteiger charge is -2.23. The molecular formula is C17H17N5O3. The molecule has 1 aromatic carbocycles. The zero-order chi connectivity index (χ0) is 17.4. The highest BCUT2D eigenvalue weighted by molar-refractivity contribution is 5.78. The minimum Gasteiger partial charge on any atom is -0.340 e. The van der Waals surface area contributed by atoms with E-state index in [-0.39, 0.29) is 18.5 Å². The predicted molar refractivity (Wildman–Crippen MR) is 91.1 cm³/mol. The summed E-state index contributed by atoms with van der Waals surface area (Å²) in [5, 5.41) is 0. The number of aromatic amines is 2. The molecule has 3 heterocycles. The van der Waals surface area contributed by atoms with Crippen LogP contribution >= 0.6 is 0 Å². The number of aromatic nitrogens is 4. The Balaban J connectivity index is 1.59. The fourth-order valence-corrected chi connectivity index (χ4v) is 3.29. The molecule has 0 saturated carbocycles. The maximum Gasteiger partial charge on any atom is 0.328 e. The average molecular weight is 339 g/mol. The second-order valence-corrected chi connectivity index (χ2v) is 6.12. The Kier molecular flexibility index (Phi) is 3.72. The lowest BCUT2D eigenvalue weighted by atomic mass is 10.2. The fraction of sp³-hybridized carbons (Fsp3) is 0.294. The summed E-state index contributed by atoms with van der Waals surface area (Å²) in [5.74, 6) is 0.595. The van der Waals surface area contributed by atoms with E-state index in [1.54, 1.807) is 4.90 Å². The van der Waals surface area contributed by atoms with Crippen LogP contribution in [0.1, 0.15) is 24.7 Å². The largest absolute Gasteiger partial charge is 0.340 e. The molecule has 25 heavy (non-hydrogen) atoms. The second kappa shape index (κ2) is 6.04. The van der Waals surface area contributed by atoms with Crippen LogP contribution in [0.25, 0.3) is 11.0 Å². The van der Waals surface area contributed by atoms with E-state index in [2.05, 4.69) is 15.0 Å². The molecule has 0 spiro atoms. The molecule has 4 rings (SSSR count). The number of rotatable bonds is 3. The van der Waals surface area contributed by atoms with Crippen LogP contribution in [-0.4, -0.2) is 36.9 Å². The van der Waals surface area contributed by atoms with E-state index in [1.165, 1.54) is 16.8 Å². The van der Waals surface area contributed by atoms with E-state index < -0.39 is 11.2 Å². The van der Waals surface area contributed by atoms with Gasteiger partial charge < -0.3 is 9.88 Å². The Morgan fingerprint density at radius 1 is 1.20 bits per heavy atom. The van der Waals surface area contributed by atoms with E-state index in [0.29, 0.717) is 6.54 Å². The van der Waals surface area contributed by atoms with Gasteiger partial charge in [-0.15, -0.1) is 0 Å². The zero-order valence-corrected chi connectivity index (χ0v) is 13.4. The molecule has 0 aliphatic carbocycles. The molecule has 1 saturated heterocycles. The number of hydrogen-bond acceptors (Lipinski definition) is 4. The smallest absolute Gasteiger partial charge is 0.328 e. The summed E-state index contributed by atoms with van der Waals surface area (Å²) in [5.41, 5.74) is 0.748. The molecule has 0 radical (unpaired) electrons. The molecule has 3 aromatic rings. The van der Waals surface area contributed by atoms with Gasteiger partial charge in [0.1, 0.15) is 12.4 Å². The maximum atomic E-state index is 12.7. The number of nitrogens with zero attached hydrogens (tertiary/aromatic N) is 3. The SMILES string of the molecule is O=C(Cn1ccc(=O)[nH]c1=O)N1CCCC1c1nc2ccccc2[nH]1. The molecule has 1 atom stereocenters. The third-order valence-corrected chi connectivity index (χ3v) is 4.50. The molecule has 0 bridgehead atoms. The summed E-state index contributed by atoms with van der Waals surface area (Å²) < 4.78 is 1.21. The second-order valence-electron chi connectivity index (χ2n) is 6.12. The topological polar surface area (TPSA) is 104 Å². The molecule has 1 unspecified atom stereocenters. The Bertz CT molecular complexity index is 1010. The van der Waals surface area contributed by atoms with Gasteiger partial charge in [0.05, 0.1) is 17.1 Å². The van der Waals surface area contributed by atoms with Gasteiger partial charge >= 0.3 is 5.69 Å². The van der Waals surface area contributed by atoms with Gasteiger partial charge in [0.2, 0.25) is 5.91 Å². The molecule has 128 valence electrons. The van der Waals surface area contributed by atoms with E-state index in [0.717, 1.165) is 29.7 Å². The van der Waals surface area contributed by atoms with Crippen LogP contribution < -0.4 is 11.2 Å². The molecule has 1 aliphatic rings. The van der Waals surface area contributed by atoms with Crippen LogP contribution in [0.2, 0.25) is 0 Å². The number of amides is 1. The van der Waals surface area contributed by atoms with Crippen molar-refractivity contribution in [2.24, 2.45) is 0 Å². The highest BCUT2D eigenvalue weighted by Gasteiger charge is 2.32. The minimum atomic E-state index is -0.583. The van der Waals surface area contributed by atoms with Crippen LogP contribution in [0, 0.1) is 0 Å². The summed E-state index contributed by atoms with van der Waals surface area (Å²) in [6, 6.07) is 8.84. The van der Waals surface area contributed by atoms with E-state index in [1.807, 2.05) is 24.3 Å². The van der Waals surface area contributed by atoms with Crippen molar-refractivity contribution in [1.82, 2.24) is 24.4 Å². The summed E-state index contributed by atoms with van der Waals surface area (Å²) in [7, 11) is 0. The Morgan fingerprint density at radius 2 is 2.04 bits per heavy atom. The number of nitrogens with one attached hydrogen (secondary N) is 2. The van der Waals surface area contributed by atoms with Crippen molar-refractivity contribution in [2.75, 3.05) is 6.54 Å². The van der Waals surface area contributed by atoms with Crippen molar-refractivity contribution in [3.8, 4) is 0 Å². The number of carbonyl (C=O) groups is 1. The Hall–Kier alpha value is -3.16. The van der Waals surface area contributed by atoms with Gasteiger partial charge in [-0.25, -0.2) is 9.78 Å². The Morgan fingerprint density at radius 3 is 2.84 bits per heavy atom. The highest BCUT2D eigenvalue weighted by atomic mass is 16.2. The fourth-order valence-electron chi connectivity index (χ4n) is 3.29. The van der Waals surface area contributed by atoms with Gasteiger partial charge in [0.15, 0.2) is 0 Å². The van der Waals surface area contributed by atoms with Gasteiger partial charge in [-0.1, -0.05) is 12.1 Å². The van der Waals surface area contributed by atoms with Crippen molar-refractivity contribution in [3.63, 3.8) is 0 Å². The van der Waals surface area contributed by atoms with Crippen LogP contribution in [0.3, 0.4) is 0 Å². The van der Waals surface area contributed by atoms with Gasteiger partial charge in [-0.2, -0.15) is 0 Å². The van der Waals surface area contributed by atoms with Gasteiger partial charge in [0.25, 0.3) is 5.56 Å². The summed E-state index contributed by atoms with van der Waals surface area (Å²) in [6.45, 7) is 0.519. The summed E-state index contributed by atoms with van der Waals surface area (Å²) in [4.78, 5) is 47.4. The number of H-pyrrole nitrogens is 2. The zero-order valence-electron chi connectivity index (χ0n) is 13.4. The highest BCUT2D eigenvalue weighted by Crippen LogP contribution is 2.31.